The molecule has 0 amide bonds. The molecule has 2 unspecified atom stereocenters. The summed E-state index contributed by atoms with van der Waals surface area (Å²) < 4.78 is 25.1. The molecule has 1 aliphatic heterocycles. The smallest absolute Gasteiger partial charge is 0.214 e. The highest BCUT2D eigenvalue weighted by Crippen LogP contribution is 2.23. The van der Waals surface area contributed by atoms with Crippen molar-refractivity contribution in [1.82, 2.24) is 4.31 Å². The van der Waals surface area contributed by atoms with Crippen molar-refractivity contribution in [2.24, 2.45) is 0 Å². The number of hydrogen-bond donors (Lipinski definition) is 1. The number of nitrogens with zero attached hydrogens (tertiary/aromatic N) is 1. The van der Waals surface area contributed by atoms with E-state index in [-0.39, 0.29) is 23.7 Å². The van der Waals surface area contributed by atoms with Crippen molar-refractivity contribution in [2.45, 2.75) is 31.1 Å². The Labute approximate surface area is 96.1 Å². The van der Waals surface area contributed by atoms with E-state index in [2.05, 4.69) is 0 Å². The number of thioether (sulfide) groups is 1. The Balaban J connectivity index is 2.76. The molecule has 0 aromatic rings. The summed E-state index contributed by atoms with van der Waals surface area (Å²) in [6.07, 6.45) is 3.58. The standard InChI is InChI=1S/C9H19NO3S2/c1-8(9(7-11)14-2)10-5-3-4-6-15(10,12)13/h8-9,11H,3-7H2,1-2H3. The first-order valence-corrected chi connectivity index (χ1v) is 8.06. The van der Waals surface area contributed by atoms with Gasteiger partial charge in [0.15, 0.2) is 0 Å². The predicted molar refractivity (Wildman–Crippen MR) is 63.6 cm³/mol. The lowest BCUT2D eigenvalue weighted by Gasteiger charge is -2.34. The minimum atomic E-state index is -3.08. The van der Waals surface area contributed by atoms with E-state index < -0.39 is 10.0 Å². The normalized spacial score (nSPS) is 26.1. The van der Waals surface area contributed by atoms with Gasteiger partial charge in [0.1, 0.15) is 0 Å². The van der Waals surface area contributed by atoms with Gasteiger partial charge >= 0.3 is 0 Å². The number of sulfonamides is 1. The lowest BCUT2D eigenvalue weighted by atomic mass is 10.2. The van der Waals surface area contributed by atoms with Crippen LogP contribution in [0.3, 0.4) is 0 Å². The summed E-state index contributed by atoms with van der Waals surface area (Å²) in [4.78, 5) is 0. The molecule has 1 aliphatic rings. The van der Waals surface area contributed by atoms with Gasteiger partial charge in [0.2, 0.25) is 10.0 Å². The number of hydrogen-bond acceptors (Lipinski definition) is 4. The Bertz CT molecular complexity index is 288. The van der Waals surface area contributed by atoms with Gasteiger partial charge in [-0.3, -0.25) is 0 Å². The van der Waals surface area contributed by atoms with E-state index in [4.69, 9.17) is 5.11 Å². The molecule has 2 atom stereocenters. The zero-order valence-corrected chi connectivity index (χ0v) is 10.9. The fourth-order valence-electron chi connectivity index (χ4n) is 1.87. The monoisotopic (exact) mass is 253 g/mol. The summed E-state index contributed by atoms with van der Waals surface area (Å²) in [7, 11) is -3.08. The van der Waals surface area contributed by atoms with Crippen LogP contribution in [0.4, 0.5) is 0 Å². The van der Waals surface area contributed by atoms with Crippen molar-refractivity contribution in [3.63, 3.8) is 0 Å². The van der Waals surface area contributed by atoms with E-state index in [1.54, 1.807) is 4.31 Å². The molecule has 0 aromatic carbocycles. The first kappa shape index (κ1) is 13.3. The summed E-state index contributed by atoms with van der Waals surface area (Å²) in [6, 6.07) is -0.115. The molecule has 15 heavy (non-hydrogen) atoms. The van der Waals surface area contributed by atoms with Gasteiger partial charge in [-0.1, -0.05) is 0 Å². The van der Waals surface area contributed by atoms with Gasteiger partial charge in [0, 0.05) is 17.8 Å². The minimum Gasteiger partial charge on any atom is -0.395 e. The largest absolute Gasteiger partial charge is 0.395 e. The quantitative estimate of drug-likeness (QED) is 0.794. The number of rotatable bonds is 4. The van der Waals surface area contributed by atoms with Crippen LogP contribution in [-0.4, -0.2) is 54.3 Å². The second kappa shape index (κ2) is 5.52. The number of aliphatic hydroxyl groups excluding tert-OH is 1. The third kappa shape index (κ3) is 3.09. The topological polar surface area (TPSA) is 57.6 Å². The third-order valence-corrected chi connectivity index (χ3v) is 6.05. The summed E-state index contributed by atoms with van der Waals surface area (Å²) in [5.74, 6) is 0.254. The van der Waals surface area contributed by atoms with Crippen molar-refractivity contribution >= 4 is 21.8 Å². The summed E-state index contributed by atoms with van der Waals surface area (Å²) >= 11 is 1.52. The Morgan fingerprint density at radius 3 is 2.60 bits per heavy atom. The average Bonchev–Trinajstić information content (AvgIpc) is 2.18. The van der Waals surface area contributed by atoms with Crippen LogP contribution in [0.15, 0.2) is 0 Å². The van der Waals surface area contributed by atoms with Gasteiger partial charge in [0.25, 0.3) is 0 Å². The second-order valence-corrected chi connectivity index (χ2v) is 6.95. The van der Waals surface area contributed by atoms with E-state index in [1.165, 1.54) is 11.8 Å². The van der Waals surface area contributed by atoms with Gasteiger partial charge in [-0.2, -0.15) is 16.1 Å². The Kier molecular flexibility index (Phi) is 4.89. The number of aliphatic hydroxyl groups is 1. The van der Waals surface area contributed by atoms with Gasteiger partial charge < -0.3 is 5.11 Å². The molecule has 0 bridgehead atoms. The van der Waals surface area contributed by atoms with Crippen molar-refractivity contribution in [3.8, 4) is 0 Å². The van der Waals surface area contributed by atoms with Gasteiger partial charge in [0.05, 0.1) is 12.4 Å². The van der Waals surface area contributed by atoms with Crippen LogP contribution in [0.5, 0.6) is 0 Å². The van der Waals surface area contributed by atoms with Crippen LogP contribution in [0.2, 0.25) is 0 Å². The highest BCUT2D eigenvalue weighted by Gasteiger charge is 2.33. The maximum Gasteiger partial charge on any atom is 0.214 e. The van der Waals surface area contributed by atoms with Crippen LogP contribution < -0.4 is 0 Å². The predicted octanol–water partition coefficient (Wildman–Crippen LogP) is 0.524. The average molecular weight is 253 g/mol. The molecule has 0 aliphatic carbocycles. The molecular weight excluding hydrogens is 234 g/mol. The van der Waals surface area contributed by atoms with Crippen LogP contribution >= 0.6 is 11.8 Å². The molecule has 6 heteroatoms. The first-order chi connectivity index (χ1) is 7.03. The summed E-state index contributed by atoms with van der Waals surface area (Å²) in [5, 5.41) is 9.13. The SMILES string of the molecule is CSC(CO)C(C)N1CCCCS1(=O)=O. The Morgan fingerprint density at radius 2 is 2.13 bits per heavy atom. The van der Waals surface area contributed by atoms with Crippen molar-refractivity contribution in [1.29, 1.82) is 0 Å². The molecule has 1 heterocycles. The second-order valence-electron chi connectivity index (χ2n) is 3.83. The van der Waals surface area contributed by atoms with E-state index in [9.17, 15) is 8.42 Å². The zero-order valence-electron chi connectivity index (χ0n) is 9.22. The van der Waals surface area contributed by atoms with Crippen molar-refractivity contribution in [2.75, 3.05) is 25.2 Å². The van der Waals surface area contributed by atoms with E-state index in [0.717, 1.165) is 12.8 Å². The van der Waals surface area contributed by atoms with Crippen LogP contribution in [0.1, 0.15) is 19.8 Å². The summed E-state index contributed by atoms with van der Waals surface area (Å²) in [6.45, 7) is 2.50. The molecule has 1 rings (SSSR count). The van der Waals surface area contributed by atoms with E-state index in [1.807, 2.05) is 13.2 Å². The lowest BCUT2D eigenvalue weighted by Crippen LogP contribution is -2.48. The highest BCUT2D eigenvalue weighted by molar-refractivity contribution is 7.99. The molecule has 1 fully saturated rings. The molecule has 90 valence electrons. The van der Waals surface area contributed by atoms with Crippen LogP contribution in [0, 0.1) is 0 Å². The molecule has 0 radical (unpaired) electrons. The zero-order chi connectivity index (χ0) is 11.5. The highest BCUT2D eigenvalue weighted by atomic mass is 32.2. The van der Waals surface area contributed by atoms with Gasteiger partial charge in [-0.15, -0.1) is 0 Å². The molecule has 0 spiro atoms. The Morgan fingerprint density at radius 1 is 1.47 bits per heavy atom. The molecule has 1 N–H and O–H groups in total. The molecule has 0 saturated carbocycles. The van der Waals surface area contributed by atoms with Gasteiger partial charge in [-0.25, -0.2) is 8.42 Å². The van der Waals surface area contributed by atoms with Crippen molar-refractivity contribution in [3.05, 3.63) is 0 Å². The van der Waals surface area contributed by atoms with Crippen LogP contribution in [-0.2, 0) is 10.0 Å². The summed E-state index contributed by atoms with van der Waals surface area (Å²) in [5.41, 5.74) is 0. The molecule has 0 aromatic heterocycles. The fourth-order valence-corrected chi connectivity index (χ4v) is 4.51. The Hall–Kier alpha value is 0.220. The van der Waals surface area contributed by atoms with E-state index in [0.29, 0.717) is 6.54 Å². The fraction of sp³-hybridized carbons (Fsp3) is 1.00. The van der Waals surface area contributed by atoms with Gasteiger partial charge in [-0.05, 0) is 26.0 Å². The minimum absolute atomic E-state index is 0.0222. The first-order valence-electron chi connectivity index (χ1n) is 5.16. The van der Waals surface area contributed by atoms with Crippen LogP contribution in [0.25, 0.3) is 0 Å². The maximum absolute atomic E-state index is 11.8. The molecule has 4 nitrogen and oxygen atoms in total. The molecule has 1 saturated heterocycles. The maximum atomic E-state index is 11.8. The van der Waals surface area contributed by atoms with E-state index >= 15 is 0 Å². The van der Waals surface area contributed by atoms with Crippen molar-refractivity contribution < 1.29 is 13.5 Å². The third-order valence-electron chi connectivity index (χ3n) is 2.86. The molecular formula is C9H19NO3S2. The lowest BCUT2D eigenvalue weighted by molar-refractivity contribution is 0.236.